The molecule has 11 heavy (non-hydrogen) atoms. The minimum Gasteiger partial charge on any atom is -0.370 e. The van der Waals surface area contributed by atoms with Crippen molar-refractivity contribution in [2.24, 2.45) is 16.5 Å². The van der Waals surface area contributed by atoms with Crippen molar-refractivity contribution in [2.45, 2.75) is 13.0 Å². The summed E-state index contributed by atoms with van der Waals surface area (Å²) in [6.07, 6.45) is 3.45. The first kappa shape index (κ1) is 7.59. The molecule has 0 aliphatic carbocycles. The van der Waals surface area contributed by atoms with Crippen LogP contribution < -0.4 is 11.5 Å². The highest BCUT2D eigenvalue weighted by molar-refractivity contribution is 5.75. The Morgan fingerprint density at radius 2 is 2.45 bits per heavy atom. The third-order valence-corrected chi connectivity index (χ3v) is 1.34. The number of hydrogen-bond donors (Lipinski definition) is 3. The van der Waals surface area contributed by atoms with Gasteiger partial charge in [-0.05, 0) is 6.92 Å². The zero-order valence-electron chi connectivity index (χ0n) is 6.28. The fraction of sp³-hybridized carbons (Fsp3) is 0.333. The topological polar surface area (TPSA) is 93.1 Å². The van der Waals surface area contributed by atoms with Crippen LogP contribution in [-0.4, -0.2) is 16.2 Å². The number of aromatic nitrogens is 2. The molecule has 5 heteroatoms. The summed E-state index contributed by atoms with van der Waals surface area (Å²) in [6.45, 7) is 1.89. The van der Waals surface area contributed by atoms with Crippen LogP contribution in [-0.2, 0) is 0 Å². The molecule has 1 heterocycles. The number of nitrogens with two attached hydrogens (primary N) is 2. The second-order valence-electron chi connectivity index (χ2n) is 2.26. The highest BCUT2D eigenvalue weighted by atomic mass is 15.1. The van der Waals surface area contributed by atoms with Crippen LogP contribution in [0.1, 0.15) is 18.5 Å². The van der Waals surface area contributed by atoms with Gasteiger partial charge < -0.3 is 11.5 Å². The first-order chi connectivity index (χ1) is 5.20. The maximum atomic E-state index is 5.20. The second-order valence-corrected chi connectivity index (χ2v) is 2.26. The van der Waals surface area contributed by atoms with E-state index < -0.39 is 0 Å². The van der Waals surface area contributed by atoms with E-state index in [1.807, 2.05) is 6.92 Å². The summed E-state index contributed by atoms with van der Waals surface area (Å²) >= 11 is 0. The molecule has 0 bridgehead atoms. The fourth-order valence-electron chi connectivity index (χ4n) is 0.787. The molecule has 0 spiro atoms. The molecule has 1 atom stereocenters. The Morgan fingerprint density at radius 3 is 2.91 bits per heavy atom. The Morgan fingerprint density at radius 1 is 1.73 bits per heavy atom. The van der Waals surface area contributed by atoms with E-state index in [4.69, 9.17) is 11.5 Å². The van der Waals surface area contributed by atoms with Crippen molar-refractivity contribution in [3.8, 4) is 0 Å². The quantitative estimate of drug-likeness (QED) is 0.404. The normalized spacial score (nSPS) is 12.5. The monoisotopic (exact) mass is 153 g/mol. The van der Waals surface area contributed by atoms with Crippen LogP contribution in [0.3, 0.4) is 0 Å². The van der Waals surface area contributed by atoms with E-state index in [9.17, 15) is 0 Å². The first-order valence-electron chi connectivity index (χ1n) is 3.27. The Balaban J connectivity index is 2.71. The number of aromatic amines is 1. The molecule has 5 nitrogen and oxygen atoms in total. The molecule has 1 rings (SSSR count). The highest BCUT2D eigenvalue weighted by Gasteiger charge is 2.03. The number of rotatable bonds is 2. The summed E-state index contributed by atoms with van der Waals surface area (Å²) in [5.74, 6) is 0.0960. The lowest BCUT2D eigenvalue weighted by Crippen LogP contribution is -2.23. The summed E-state index contributed by atoms with van der Waals surface area (Å²) in [5.41, 5.74) is 11.4. The number of nitrogens with one attached hydrogen (secondary N) is 1. The van der Waals surface area contributed by atoms with Crippen molar-refractivity contribution in [2.75, 3.05) is 0 Å². The number of H-pyrrole nitrogens is 1. The van der Waals surface area contributed by atoms with E-state index in [2.05, 4.69) is 15.2 Å². The number of guanidine groups is 1. The van der Waals surface area contributed by atoms with E-state index in [1.54, 1.807) is 12.4 Å². The van der Waals surface area contributed by atoms with Gasteiger partial charge in [-0.25, -0.2) is 4.99 Å². The van der Waals surface area contributed by atoms with Gasteiger partial charge in [0.15, 0.2) is 5.96 Å². The summed E-state index contributed by atoms with van der Waals surface area (Å²) in [5, 5.41) is 6.46. The predicted molar refractivity (Wildman–Crippen MR) is 42.8 cm³/mol. The van der Waals surface area contributed by atoms with Gasteiger partial charge in [-0.2, -0.15) is 5.10 Å². The zero-order chi connectivity index (χ0) is 8.27. The van der Waals surface area contributed by atoms with Crippen LogP contribution in [0.4, 0.5) is 0 Å². The summed E-state index contributed by atoms with van der Waals surface area (Å²) in [7, 11) is 0. The molecule has 0 aliphatic heterocycles. The second kappa shape index (κ2) is 3.05. The van der Waals surface area contributed by atoms with Gasteiger partial charge in [-0.15, -0.1) is 0 Å². The van der Waals surface area contributed by atoms with Gasteiger partial charge in [0, 0.05) is 11.8 Å². The summed E-state index contributed by atoms with van der Waals surface area (Å²) < 4.78 is 0. The molecule has 0 radical (unpaired) electrons. The van der Waals surface area contributed by atoms with E-state index in [1.165, 1.54) is 0 Å². The van der Waals surface area contributed by atoms with Crippen LogP contribution in [0.5, 0.6) is 0 Å². The molecule has 1 aromatic heterocycles. The smallest absolute Gasteiger partial charge is 0.186 e. The molecule has 60 valence electrons. The Labute approximate surface area is 64.5 Å². The van der Waals surface area contributed by atoms with E-state index in [0.717, 1.165) is 5.56 Å². The number of hydrogen-bond acceptors (Lipinski definition) is 2. The molecule has 0 amide bonds. The van der Waals surface area contributed by atoms with Crippen LogP contribution in [0.15, 0.2) is 17.4 Å². The van der Waals surface area contributed by atoms with Gasteiger partial charge in [0.2, 0.25) is 0 Å². The SMILES string of the molecule is CC(N=C(N)N)c1cn[nH]c1. The lowest BCUT2D eigenvalue weighted by molar-refractivity contribution is 0.816. The first-order valence-corrected chi connectivity index (χ1v) is 3.27. The summed E-state index contributed by atoms with van der Waals surface area (Å²) in [6, 6.07) is -0.0289. The van der Waals surface area contributed by atoms with Crippen LogP contribution in [0, 0.1) is 0 Å². The summed E-state index contributed by atoms with van der Waals surface area (Å²) in [4.78, 5) is 3.93. The molecule has 1 unspecified atom stereocenters. The van der Waals surface area contributed by atoms with Crippen LogP contribution in [0.2, 0.25) is 0 Å². The van der Waals surface area contributed by atoms with E-state index in [-0.39, 0.29) is 12.0 Å². The molecule has 5 N–H and O–H groups in total. The molecule has 0 fully saturated rings. The minimum atomic E-state index is -0.0289. The Hall–Kier alpha value is -1.52. The van der Waals surface area contributed by atoms with Gasteiger partial charge in [0.05, 0.1) is 12.2 Å². The van der Waals surface area contributed by atoms with Crippen molar-refractivity contribution in [1.29, 1.82) is 0 Å². The van der Waals surface area contributed by atoms with E-state index in [0.29, 0.717) is 0 Å². The van der Waals surface area contributed by atoms with Gasteiger partial charge in [0.25, 0.3) is 0 Å². The average molecular weight is 153 g/mol. The van der Waals surface area contributed by atoms with Crippen LogP contribution in [0.25, 0.3) is 0 Å². The van der Waals surface area contributed by atoms with Crippen molar-refractivity contribution >= 4 is 5.96 Å². The molecule has 0 aliphatic rings. The average Bonchev–Trinajstić information content (AvgIpc) is 2.35. The third-order valence-electron chi connectivity index (χ3n) is 1.34. The molecule has 0 aromatic carbocycles. The van der Waals surface area contributed by atoms with Crippen molar-refractivity contribution in [3.63, 3.8) is 0 Å². The van der Waals surface area contributed by atoms with Crippen molar-refractivity contribution in [1.82, 2.24) is 10.2 Å². The standard InChI is InChI=1S/C6H11N5/c1-4(11-6(7)8)5-2-9-10-3-5/h2-4H,1H3,(H,9,10)(H4,7,8,11). The number of nitrogens with zero attached hydrogens (tertiary/aromatic N) is 2. The highest BCUT2D eigenvalue weighted by Crippen LogP contribution is 2.12. The molecular formula is C6H11N5. The molecule has 1 aromatic rings. The number of aliphatic imine (C=N–C) groups is 1. The fourth-order valence-corrected chi connectivity index (χ4v) is 0.787. The predicted octanol–water partition coefficient (Wildman–Crippen LogP) is -0.256. The van der Waals surface area contributed by atoms with Crippen LogP contribution >= 0.6 is 0 Å². The van der Waals surface area contributed by atoms with Crippen molar-refractivity contribution in [3.05, 3.63) is 18.0 Å². The van der Waals surface area contributed by atoms with Crippen molar-refractivity contribution < 1.29 is 0 Å². The van der Waals surface area contributed by atoms with Gasteiger partial charge in [-0.1, -0.05) is 0 Å². The molecule has 0 saturated carbocycles. The zero-order valence-corrected chi connectivity index (χ0v) is 6.28. The third kappa shape index (κ3) is 1.96. The molecule has 0 saturated heterocycles. The maximum Gasteiger partial charge on any atom is 0.186 e. The van der Waals surface area contributed by atoms with Gasteiger partial charge >= 0.3 is 0 Å². The van der Waals surface area contributed by atoms with E-state index >= 15 is 0 Å². The maximum absolute atomic E-state index is 5.20. The molecular weight excluding hydrogens is 142 g/mol. The Kier molecular flexibility index (Phi) is 2.10. The Bertz CT molecular complexity index is 233. The largest absolute Gasteiger partial charge is 0.370 e. The lowest BCUT2D eigenvalue weighted by Gasteiger charge is -2.01. The van der Waals surface area contributed by atoms with Gasteiger partial charge in [-0.3, -0.25) is 5.10 Å². The van der Waals surface area contributed by atoms with Gasteiger partial charge in [0.1, 0.15) is 0 Å². The minimum absolute atomic E-state index is 0.0289. The lowest BCUT2D eigenvalue weighted by atomic mass is 10.2.